The summed E-state index contributed by atoms with van der Waals surface area (Å²) in [6, 6.07) is 9.53. The van der Waals surface area contributed by atoms with Crippen LogP contribution in [0, 0.1) is 0 Å². The number of aromatic nitrogens is 2. The fourth-order valence-corrected chi connectivity index (χ4v) is 2.53. The Morgan fingerprint density at radius 3 is 2.62 bits per heavy atom. The summed E-state index contributed by atoms with van der Waals surface area (Å²) in [5.41, 5.74) is -1.01. The number of amides is 1. The average molecular weight is 407 g/mol. The monoisotopic (exact) mass is 407 g/mol. The Balaban J connectivity index is 1.56. The molecule has 2 aromatic heterocycles. The number of benzene rings is 1. The molecule has 10 heteroatoms. The van der Waals surface area contributed by atoms with Crippen LogP contribution in [0.25, 0.3) is 0 Å². The first-order valence-electron chi connectivity index (χ1n) is 8.44. The molecule has 29 heavy (non-hydrogen) atoms. The van der Waals surface area contributed by atoms with Gasteiger partial charge in [0.2, 0.25) is 0 Å². The van der Waals surface area contributed by atoms with Gasteiger partial charge in [-0.25, -0.2) is 4.79 Å². The molecule has 0 saturated carbocycles. The molecule has 152 valence electrons. The van der Waals surface area contributed by atoms with Crippen molar-refractivity contribution in [2.45, 2.75) is 26.3 Å². The fourth-order valence-electron chi connectivity index (χ4n) is 2.53. The highest BCUT2D eigenvalue weighted by molar-refractivity contribution is 5.91. The van der Waals surface area contributed by atoms with E-state index in [9.17, 15) is 22.8 Å². The molecule has 1 amide bonds. The number of furan rings is 1. The van der Waals surface area contributed by atoms with Gasteiger partial charge in [0.25, 0.3) is 0 Å². The maximum atomic E-state index is 13.0. The summed E-state index contributed by atoms with van der Waals surface area (Å²) in [5.74, 6) is 0.677. The third kappa shape index (κ3) is 5.24. The minimum Gasteiger partial charge on any atom is -0.456 e. The highest BCUT2D eigenvalue weighted by Crippen LogP contribution is 2.32. The summed E-state index contributed by atoms with van der Waals surface area (Å²) in [7, 11) is 0. The van der Waals surface area contributed by atoms with E-state index in [4.69, 9.17) is 9.15 Å². The lowest BCUT2D eigenvalue weighted by Crippen LogP contribution is -2.16. The number of ketones is 1. The average Bonchev–Trinajstić information content (AvgIpc) is 3.29. The second-order valence-electron chi connectivity index (χ2n) is 6.08. The molecule has 0 aliphatic rings. The fraction of sp³-hybridized carbons (Fsp3) is 0.211. The van der Waals surface area contributed by atoms with E-state index in [1.807, 2.05) is 0 Å². The van der Waals surface area contributed by atoms with Gasteiger partial charge in [0.15, 0.2) is 17.4 Å². The Bertz CT molecular complexity index is 1020. The zero-order valence-corrected chi connectivity index (χ0v) is 15.2. The van der Waals surface area contributed by atoms with Crippen LogP contribution < -0.4 is 5.32 Å². The second-order valence-corrected chi connectivity index (χ2v) is 6.08. The van der Waals surface area contributed by atoms with E-state index < -0.39 is 24.4 Å². The number of anilines is 1. The normalized spacial score (nSPS) is 11.3. The number of halogens is 3. The van der Waals surface area contributed by atoms with Crippen molar-refractivity contribution in [2.75, 3.05) is 5.32 Å². The van der Waals surface area contributed by atoms with Crippen molar-refractivity contribution < 1.29 is 31.9 Å². The zero-order chi connectivity index (χ0) is 21.0. The van der Waals surface area contributed by atoms with Gasteiger partial charge in [-0.3, -0.25) is 14.8 Å². The third-order valence-electron chi connectivity index (χ3n) is 3.88. The van der Waals surface area contributed by atoms with Gasteiger partial charge in [0, 0.05) is 24.8 Å². The van der Waals surface area contributed by atoms with E-state index >= 15 is 0 Å². The summed E-state index contributed by atoms with van der Waals surface area (Å²) < 4.78 is 50.5. The number of nitrogens with zero attached hydrogens (tertiary/aromatic N) is 2. The summed E-state index contributed by atoms with van der Waals surface area (Å²) in [5, 5.41) is 6.43. The predicted octanol–water partition coefficient (Wildman–Crippen LogP) is 4.49. The van der Waals surface area contributed by atoms with Crippen molar-refractivity contribution in [1.82, 2.24) is 9.78 Å². The molecule has 0 fully saturated rings. The molecule has 0 spiro atoms. The van der Waals surface area contributed by atoms with Crippen LogP contribution >= 0.6 is 0 Å². The van der Waals surface area contributed by atoms with Crippen LogP contribution in [0.2, 0.25) is 0 Å². The predicted molar refractivity (Wildman–Crippen MR) is 95.3 cm³/mol. The van der Waals surface area contributed by atoms with E-state index in [-0.39, 0.29) is 29.5 Å². The Morgan fingerprint density at radius 1 is 1.17 bits per heavy atom. The first kappa shape index (κ1) is 20.2. The molecule has 0 radical (unpaired) electrons. The lowest BCUT2D eigenvalue weighted by Gasteiger charge is -2.12. The molecule has 1 N–H and O–H groups in total. The third-order valence-corrected chi connectivity index (χ3v) is 3.88. The highest BCUT2D eigenvalue weighted by atomic mass is 19.4. The SMILES string of the molecule is CC(=O)c1ccc(Cn2ccc(NC(=O)OCc3ccccc3C(F)(F)F)n2)o1. The molecule has 1 aromatic carbocycles. The van der Waals surface area contributed by atoms with E-state index in [2.05, 4.69) is 10.4 Å². The lowest BCUT2D eigenvalue weighted by atomic mass is 10.1. The Hall–Kier alpha value is -3.56. The molecule has 2 heterocycles. The van der Waals surface area contributed by atoms with Gasteiger partial charge >= 0.3 is 12.3 Å². The number of hydrogen-bond acceptors (Lipinski definition) is 5. The van der Waals surface area contributed by atoms with E-state index in [0.29, 0.717) is 5.76 Å². The van der Waals surface area contributed by atoms with Crippen molar-refractivity contribution in [1.29, 1.82) is 0 Å². The highest BCUT2D eigenvalue weighted by Gasteiger charge is 2.33. The topological polar surface area (TPSA) is 86.4 Å². The number of carbonyl (C=O) groups excluding carboxylic acids is 2. The molecule has 0 bridgehead atoms. The van der Waals surface area contributed by atoms with Gasteiger partial charge in [-0.2, -0.15) is 18.3 Å². The van der Waals surface area contributed by atoms with Crippen LogP contribution in [-0.2, 0) is 24.1 Å². The minimum atomic E-state index is -4.54. The van der Waals surface area contributed by atoms with Gasteiger partial charge in [-0.15, -0.1) is 0 Å². The van der Waals surface area contributed by atoms with E-state index in [1.165, 1.54) is 35.9 Å². The maximum Gasteiger partial charge on any atom is 0.416 e. The number of Topliss-reactive ketones (excluding diaryl/α,β-unsaturated/α-hetero) is 1. The number of hydrogen-bond donors (Lipinski definition) is 1. The van der Waals surface area contributed by atoms with Crippen LogP contribution in [0.15, 0.2) is 53.1 Å². The Kier molecular flexibility index (Phi) is 5.71. The van der Waals surface area contributed by atoms with Crippen LogP contribution in [0.5, 0.6) is 0 Å². The molecule has 0 aliphatic carbocycles. The van der Waals surface area contributed by atoms with Crippen molar-refractivity contribution >= 4 is 17.7 Å². The molecule has 0 saturated heterocycles. The van der Waals surface area contributed by atoms with Crippen LogP contribution in [0.4, 0.5) is 23.8 Å². The zero-order valence-electron chi connectivity index (χ0n) is 15.2. The van der Waals surface area contributed by atoms with Gasteiger partial charge in [-0.05, 0) is 18.2 Å². The van der Waals surface area contributed by atoms with Crippen molar-refractivity contribution in [3.05, 3.63) is 71.3 Å². The first-order valence-corrected chi connectivity index (χ1v) is 8.44. The standard InChI is InChI=1S/C19H16F3N3O4/c1-12(26)16-7-6-14(29-16)10-25-9-8-17(24-25)23-18(27)28-11-13-4-2-3-5-15(13)19(20,21)22/h2-9H,10-11H2,1H3,(H,23,24,27). The van der Waals surface area contributed by atoms with Gasteiger partial charge in [0.05, 0.1) is 12.1 Å². The van der Waals surface area contributed by atoms with Crippen molar-refractivity contribution in [3.63, 3.8) is 0 Å². The van der Waals surface area contributed by atoms with Crippen molar-refractivity contribution in [3.8, 4) is 0 Å². The molecule has 3 rings (SSSR count). The molecule has 3 aromatic rings. The number of ether oxygens (including phenoxy) is 1. The van der Waals surface area contributed by atoms with Gasteiger partial charge in [-0.1, -0.05) is 18.2 Å². The van der Waals surface area contributed by atoms with Crippen LogP contribution in [0.1, 0.15) is 34.4 Å². The number of nitrogens with one attached hydrogen (secondary N) is 1. The van der Waals surface area contributed by atoms with Crippen LogP contribution in [0.3, 0.4) is 0 Å². The summed E-state index contributed by atoms with van der Waals surface area (Å²) in [4.78, 5) is 23.1. The summed E-state index contributed by atoms with van der Waals surface area (Å²) in [6.07, 6.45) is -3.92. The Labute approximate surface area is 163 Å². The first-order chi connectivity index (χ1) is 13.7. The van der Waals surface area contributed by atoms with Gasteiger partial charge < -0.3 is 9.15 Å². The Morgan fingerprint density at radius 2 is 1.93 bits per heavy atom. The molecular weight excluding hydrogens is 391 g/mol. The van der Waals surface area contributed by atoms with E-state index in [0.717, 1.165) is 6.07 Å². The van der Waals surface area contributed by atoms with Gasteiger partial charge in [0.1, 0.15) is 12.4 Å². The summed E-state index contributed by atoms with van der Waals surface area (Å²) in [6.45, 7) is 1.07. The second kappa shape index (κ2) is 8.21. The molecule has 0 atom stereocenters. The minimum absolute atomic E-state index is 0.150. The quantitative estimate of drug-likeness (QED) is 0.609. The maximum absolute atomic E-state index is 13.0. The molecule has 7 nitrogen and oxygen atoms in total. The molecule has 0 unspecified atom stereocenters. The number of rotatable bonds is 6. The van der Waals surface area contributed by atoms with E-state index in [1.54, 1.807) is 18.3 Å². The number of alkyl halides is 3. The molecule has 0 aliphatic heterocycles. The molecular formula is C19H16F3N3O4. The lowest BCUT2D eigenvalue weighted by molar-refractivity contribution is -0.138. The van der Waals surface area contributed by atoms with Crippen LogP contribution in [-0.4, -0.2) is 21.7 Å². The summed E-state index contributed by atoms with van der Waals surface area (Å²) >= 11 is 0. The largest absolute Gasteiger partial charge is 0.456 e. The number of carbonyl (C=O) groups is 2. The smallest absolute Gasteiger partial charge is 0.416 e. The van der Waals surface area contributed by atoms with Crippen molar-refractivity contribution in [2.24, 2.45) is 0 Å².